The Kier molecular flexibility index (Phi) is 6.03. The Labute approximate surface area is 230 Å². The Balaban J connectivity index is 1.40. The van der Waals surface area contributed by atoms with E-state index in [9.17, 15) is 0 Å². The van der Waals surface area contributed by atoms with Crippen molar-refractivity contribution in [2.24, 2.45) is 0 Å². The van der Waals surface area contributed by atoms with Crippen molar-refractivity contribution in [2.45, 2.75) is 12.8 Å². The first-order valence-corrected chi connectivity index (χ1v) is 13.7. The lowest BCUT2D eigenvalue weighted by atomic mass is 9.94. The van der Waals surface area contributed by atoms with Gasteiger partial charge in [0.2, 0.25) is 0 Å². The Morgan fingerprint density at radius 1 is 0.436 bits per heavy atom. The van der Waals surface area contributed by atoms with Gasteiger partial charge in [-0.1, -0.05) is 127 Å². The van der Waals surface area contributed by atoms with Crippen LogP contribution in [0.4, 0.5) is 11.4 Å². The summed E-state index contributed by atoms with van der Waals surface area (Å²) < 4.78 is 0. The Bertz CT molecular complexity index is 1830. The summed E-state index contributed by atoms with van der Waals surface area (Å²) in [5, 5.41) is 5.10. The molecule has 1 heteroatoms. The number of allylic oxidation sites excluding steroid dienone is 4. The topological polar surface area (TPSA) is 3.24 Å². The summed E-state index contributed by atoms with van der Waals surface area (Å²) >= 11 is 0. The van der Waals surface area contributed by atoms with Gasteiger partial charge in [-0.05, 0) is 75.5 Å². The molecule has 0 aliphatic heterocycles. The molecule has 1 aliphatic carbocycles. The largest absolute Gasteiger partial charge is 0.314 e. The Hall–Kier alpha value is -4.88. The van der Waals surface area contributed by atoms with Crippen molar-refractivity contribution in [3.63, 3.8) is 0 Å². The third-order valence-electron chi connectivity index (χ3n) is 7.78. The van der Waals surface area contributed by atoms with Crippen LogP contribution < -0.4 is 4.90 Å². The molecule has 1 aliphatic rings. The lowest BCUT2D eigenvalue weighted by Crippen LogP contribution is -2.18. The van der Waals surface area contributed by atoms with Gasteiger partial charge in [0.25, 0.3) is 0 Å². The molecule has 0 spiro atoms. The average molecular weight is 500 g/mol. The van der Waals surface area contributed by atoms with Crippen molar-refractivity contribution in [2.75, 3.05) is 4.90 Å². The predicted molar refractivity (Wildman–Crippen MR) is 167 cm³/mol. The summed E-state index contributed by atoms with van der Waals surface area (Å²) in [6, 6.07) is 50.3. The highest BCUT2D eigenvalue weighted by Gasteiger charge is 2.21. The molecule has 0 heterocycles. The standard InChI is InChI=1S/C38H29N/c1-3-10-28(11-4-1)30-20-24-34(25-21-30)39(35-26-22-31(23-27-35)29-12-5-2-6-13-29)37-17-9-15-33-19-18-32-14-7-8-16-36(32)38(33)37/h1-22,24-26H,23,27H2. The van der Waals surface area contributed by atoms with E-state index in [1.165, 1.54) is 60.9 Å². The van der Waals surface area contributed by atoms with Crippen molar-refractivity contribution >= 4 is 38.5 Å². The number of benzene rings is 6. The zero-order chi connectivity index (χ0) is 26.0. The van der Waals surface area contributed by atoms with Crippen LogP contribution in [0.3, 0.4) is 0 Å². The molecular formula is C38H29N. The first-order chi connectivity index (χ1) is 19.3. The minimum atomic E-state index is 0.975. The van der Waals surface area contributed by atoms with Crippen molar-refractivity contribution in [3.05, 3.63) is 163 Å². The number of rotatable bonds is 5. The summed E-state index contributed by atoms with van der Waals surface area (Å²) in [6.07, 6.45) is 6.62. The lowest BCUT2D eigenvalue weighted by Gasteiger charge is -2.31. The SMILES string of the molecule is C1=C(c2ccccc2)CCC(N(c2ccc(-c3ccccc3)cc2)c2cccc3ccc4ccccc4c23)=C1. The van der Waals surface area contributed by atoms with Gasteiger partial charge < -0.3 is 4.90 Å². The van der Waals surface area contributed by atoms with Crippen LogP contribution >= 0.6 is 0 Å². The molecule has 0 atom stereocenters. The molecule has 6 aromatic carbocycles. The average Bonchev–Trinajstić information content (AvgIpc) is 3.03. The second-order valence-electron chi connectivity index (χ2n) is 10.1. The molecule has 0 N–H and O–H groups in total. The van der Waals surface area contributed by atoms with Crippen LogP contribution in [-0.2, 0) is 0 Å². The molecule has 0 fully saturated rings. The molecule has 1 nitrogen and oxygen atoms in total. The third kappa shape index (κ3) is 4.43. The zero-order valence-corrected chi connectivity index (χ0v) is 21.8. The van der Waals surface area contributed by atoms with Crippen molar-refractivity contribution < 1.29 is 0 Å². The van der Waals surface area contributed by atoms with Crippen LogP contribution in [0.25, 0.3) is 38.2 Å². The van der Waals surface area contributed by atoms with Crippen LogP contribution in [-0.4, -0.2) is 0 Å². The normalized spacial score (nSPS) is 13.2. The quantitative estimate of drug-likeness (QED) is 0.213. The fourth-order valence-electron chi connectivity index (χ4n) is 5.82. The van der Waals surface area contributed by atoms with E-state index in [1.54, 1.807) is 0 Å². The number of hydrogen-bond donors (Lipinski definition) is 0. The van der Waals surface area contributed by atoms with E-state index in [4.69, 9.17) is 0 Å². The molecule has 0 bridgehead atoms. The fourth-order valence-corrected chi connectivity index (χ4v) is 5.82. The number of anilines is 2. The summed E-state index contributed by atoms with van der Waals surface area (Å²) in [4.78, 5) is 2.47. The monoisotopic (exact) mass is 499 g/mol. The van der Waals surface area contributed by atoms with Gasteiger partial charge in [0.1, 0.15) is 0 Å². The van der Waals surface area contributed by atoms with Crippen LogP contribution in [0.5, 0.6) is 0 Å². The number of hydrogen-bond acceptors (Lipinski definition) is 1. The smallest absolute Gasteiger partial charge is 0.0543 e. The molecule has 0 aromatic heterocycles. The van der Waals surface area contributed by atoms with Gasteiger partial charge in [0.15, 0.2) is 0 Å². The summed E-state index contributed by atoms with van der Waals surface area (Å²) in [6.45, 7) is 0. The number of fused-ring (bicyclic) bond motifs is 3. The predicted octanol–water partition coefficient (Wildman–Crippen LogP) is 10.6. The van der Waals surface area contributed by atoms with E-state index in [2.05, 4.69) is 157 Å². The van der Waals surface area contributed by atoms with Gasteiger partial charge in [-0.2, -0.15) is 0 Å². The minimum absolute atomic E-state index is 0.975. The maximum absolute atomic E-state index is 2.47. The maximum Gasteiger partial charge on any atom is 0.0543 e. The summed E-state index contributed by atoms with van der Waals surface area (Å²) in [7, 11) is 0. The Morgan fingerprint density at radius 2 is 1.08 bits per heavy atom. The highest BCUT2D eigenvalue weighted by atomic mass is 15.1. The third-order valence-corrected chi connectivity index (χ3v) is 7.78. The zero-order valence-electron chi connectivity index (χ0n) is 21.8. The van der Waals surface area contributed by atoms with Crippen molar-refractivity contribution in [3.8, 4) is 11.1 Å². The van der Waals surface area contributed by atoms with E-state index in [0.29, 0.717) is 0 Å². The van der Waals surface area contributed by atoms with E-state index in [0.717, 1.165) is 12.8 Å². The van der Waals surface area contributed by atoms with E-state index >= 15 is 0 Å². The van der Waals surface area contributed by atoms with Crippen molar-refractivity contribution in [1.29, 1.82) is 0 Å². The van der Waals surface area contributed by atoms with Crippen LogP contribution in [0.2, 0.25) is 0 Å². The maximum atomic E-state index is 2.47. The molecule has 39 heavy (non-hydrogen) atoms. The minimum Gasteiger partial charge on any atom is -0.314 e. The van der Waals surface area contributed by atoms with Crippen LogP contribution in [0.1, 0.15) is 18.4 Å². The van der Waals surface area contributed by atoms with Gasteiger partial charge in [-0.15, -0.1) is 0 Å². The molecule has 0 saturated carbocycles. The molecule has 186 valence electrons. The second-order valence-corrected chi connectivity index (χ2v) is 10.1. The van der Waals surface area contributed by atoms with Gasteiger partial charge in [-0.3, -0.25) is 0 Å². The molecule has 0 saturated heterocycles. The van der Waals surface area contributed by atoms with Gasteiger partial charge >= 0.3 is 0 Å². The highest BCUT2D eigenvalue weighted by Crippen LogP contribution is 2.42. The molecule has 6 aromatic rings. The lowest BCUT2D eigenvalue weighted by molar-refractivity contribution is 0.932. The van der Waals surface area contributed by atoms with Gasteiger partial charge in [0, 0.05) is 16.8 Å². The number of nitrogens with zero attached hydrogens (tertiary/aromatic N) is 1. The van der Waals surface area contributed by atoms with Crippen LogP contribution in [0, 0.1) is 0 Å². The van der Waals surface area contributed by atoms with E-state index < -0.39 is 0 Å². The molecule has 0 radical (unpaired) electrons. The Morgan fingerprint density at radius 3 is 1.82 bits per heavy atom. The molecule has 7 rings (SSSR count). The molecule has 0 unspecified atom stereocenters. The molecular weight excluding hydrogens is 470 g/mol. The first kappa shape index (κ1) is 23.3. The first-order valence-electron chi connectivity index (χ1n) is 13.7. The van der Waals surface area contributed by atoms with Crippen molar-refractivity contribution in [1.82, 2.24) is 0 Å². The van der Waals surface area contributed by atoms with E-state index in [1.807, 2.05) is 0 Å². The summed E-state index contributed by atoms with van der Waals surface area (Å²) in [5.74, 6) is 0. The van der Waals surface area contributed by atoms with Gasteiger partial charge in [-0.25, -0.2) is 0 Å². The summed E-state index contributed by atoms with van der Waals surface area (Å²) in [5.41, 5.74) is 8.87. The van der Waals surface area contributed by atoms with Crippen LogP contribution in [0.15, 0.2) is 157 Å². The highest BCUT2D eigenvalue weighted by molar-refractivity contribution is 6.14. The molecule has 0 amide bonds. The van der Waals surface area contributed by atoms with E-state index in [-0.39, 0.29) is 0 Å². The second kappa shape index (κ2) is 10.1. The van der Waals surface area contributed by atoms with Gasteiger partial charge in [0.05, 0.1) is 5.69 Å². The fraction of sp³-hybridized carbons (Fsp3) is 0.0526.